The van der Waals surface area contributed by atoms with Gasteiger partial charge in [0.1, 0.15) is 6.61 Å². The highest BCUT2D eigenvalue weighted by Gasteiger charge is 2.44. The van der Waals surface area contributed by atoms with Crippen LogP contribution in [-0.2, 0) is 10.2 Å². The maximum atomic E-state index is 12.5. The van der Waals surface area contributed by atoms with E-state index in [1.54, 1.807) is 0 Å². The van der Waals surface area contributed by atoms with Crippen molar-refractivity contribution in [2.24, 2.45) is 5.73 Å². The fourth-order valence-corrected chi connectivity index (χ4v) is 4.82. The molecule has 1 amide bonds. The molecule has 1 aliphatic carbocycles. The smallest absolute Gasteiger partial charge is 0.410 e. The van der Waals surface area contributed by atoms with Crippen LogP contribution in [0.3, 0.4) is 0 Å². The van der Waals surface area contributed by atoms with Gasteiger partial charge in [0.15, 0.2) is 0 Å². The van der Waals surface area contributed by atoms with Gasteiger partial charge in [-0.1, -0.05) is 54.1 Å². The van der Waals surface area contributed by atoms with E-state index in [0.29, 0.717) is 13.2 Å². The predicted octanol–water partition coefficient (Wildman–Crippen LogP) is 5.09. The topological polar surface area (TPSA) is 55.6 Å². The molecule has 28 heavy (non-hydrogen) atoms. The van der Waals surface area contributed by atoms with Gasteiger partial charge in [0, 0.05) is 23.0 Å². The van der Waals surface area contributed by atoms with Gasteiger partial charge in [-0.05, 0) is 48.9 Å². The molecule has 0 unspecified atom stereocenters. The number of hydrogen-bond acceptors (Lipinski definition) is 3. The molecular weight excluding hydrogens is 395 g/mol. The molecule has 0 aromatic heterocycles. The monoisotopic (exact) mass is 420 g/mol. The second-order valence-electron chi connectivity index (χ2n) is 7.64. The van der Waals surface area contributed by atoms with E-state index in [1.807, 2.05) is 41.3 Å². The van der Waals surface area contributed by atoms with Gasteiger partial charge in [0.25, 0.3) is 0 Å². The van der Waals surface area contributed by atoms with Crippen molar-refractivity contribution in [3.05, 3.63) is 70.7 Å². The Hall–Kier alpha value is -1.75. The number of nitrogens with two attached hydrogens (primary N) is 1. The van der Waals surface area contributed by atoms with Crippen molar-refractivity contribution in [3.8, 4) is 0 Å². The molecule has 1 heterocycles. The molecular formula is C22H26Cl2N2O2. The second kappa shape index (κ2) is 8.73. The molecule has 2 aliphatic rings. The minimum atomic E-state index is -0.197. The van der Waals surface area contributed by atoms with Crippen LogP contribution in [0.25, 0.3) is 0 Å². The highest BCUT2D eigenvalue weighted by Crippen LogP contribution is 2.43. The first-order valence-electron chi connectivity index (χ1n) is 9.59. The Kier molecular flexibility index (Phi) is 6.54. The van der Waals surface area contributed by atoms with E-state index in [4.69, 9.17) is 22.1 Å². The minimum absolute atomic E-state index is 0. The number of nitrogens with zero attached hydrogens (tertiary/aromatic N) is 1. The lowest BCUT2D eigenvalue weighted by Gasteiger charge is -2.43. The first kappa shape index (κ1) is 21.0. The Labute approximate surface area is 177 Å². The lowest BCUT2D eigenvalue weighted by atomic mass is 9.68. The van der Waals surface area contributed by atoms with Crippen LogP contribution in [0, 0.1) is 0 Å². The van der Waals surface area contributed by atoms with Crippen LogP contribution < -0.4 is 5.73 Å². The molecule has 1 saturated carbocycles. The van der Waals surface area contributed by atoms with Crippen LogP contribution in [0.15, 0.2) is 54.6 Å². The minimum Gasteiger partial charge on any atom is -0.447 e. The highest BCUT2D eigenvalue weighted by molar-refractivity contribution is 6.30. The molecule has 2 aromatic rings. The maximum absolute atomic E-state index is 12.5. The molecule has 1 aliphatic heterocycles. The number of ether oxygens (including phenoxy) is 1. The molecule has 150 valence electrons. The summed E-state index contributed by atoms with van der Waals surface area (Å²) in [7, 11) is 0. The van der Waals surface area contributed by atoms with E-state index in [1.165, 1.54) is 5.56 Å². The first-order chi connectivity index (χ1) is 13.1. The summed E-state index contributed by atoms with van der Waals surface area (Å²) in [6, 6.07) is 18.4. The molecule has 1 saturated heterocycles. The quantitative estimate of drug-likeness (QED) is 0.748. The average Bonchev–Trinajstić information content (AvgIpc) is 3.10. The molecule has 1 atom stereocenters. The summed E-state index contributed by atoms with van der Waals surface area (Å²) in [5, 5.41) is 0.745. The van der Waals surface area contributed by atoms with E-state index in [9.17, 15) is 4.79 Å². The van der Waals surface area contributed by atoms with E-state index in [-0.39, 0.29) is 36.0 Å². The summed E-state index contributed by atoms with van der Waals surface area (Å²) in [6.07, 6.45) is 3.53. The number of carbonyl (C=O) groups is 1. The Morgan fingerprint density at radius 1 is 1.11 bits per heavy atom. The van der Waals surface area contributed by atoms with Crippen LogP contribution in [-0.4, -0.2) is 30.2 Å². The van der Waals surface area contributed by atoms with Gasteiger partial charge in [-0.15, -0.1) is 12.4 Å². The fraction of sp³-hybridized carbons (Fsp3) is 0.409. The van der Waals surface area contributed by atoms with Gasteiger partial charge in [-0.3, -0.25) is 4.90 Å². The van der Waals surface area contributed by atoms with Crippen molar-refractivity contribution in [2.75, 3.05) is 13.2 Å². The Morgan fingerprint density at radius 3 is 2.46 bits per heavy atom. The highest BCUT2D eigenvalue weighted by atomic mass is 35.5. The van der Waals surface area contributed by atoms with Gasteiger partial charge >= 0.3 is 6.09 Å². The largest absolute Gasteiger partial charge is 0.447 e. The lowest BCUT2D eigenvalue weighted by molar-refractivity contribution is 0.117. The van der Waals surface area contributed by atoms with Crippen LogP contribution in [0.4, 0.5) is 4.79 Å². The number of cyclic esters (lactones) is 1. The first-order valence-corrected chi connectivity index (χ1v) is 9.97. The maximum Gasteiger partial charge on any atom is 0.410 e. The van der Waals surface area contributed by atoms with E-state index >= 15 is 0 Å². The van der Waals surface area contributed by atoms with E-state index in [2.05, 4.69) is 18.2 Å². The van der Waals surface area contributed by atoms with Crippen molar-refractivity contribution in [1.29, 1.82) is 0 Å². The summed E-state index contributed by atoms with van der Waals surface area (Å²) >= 11 is 6.21. The molecule has 4 rings (SSSR count). The van der Waals surface area contributed by atoms with Gasteiger partial charge < -0.3 is 10.5 Å². The van der Waals surface area contributed by atoms with Gasteiger partial charge in [0.2, 0.25) is 0 Å². The second-order valence-corrected chi connectivity index (χ2v) is 8.07. The SMILES string of the molecule is Cl.NCC1(c2cccc(Cl)c2)CCC(N2C(=O)OC[C@H]2c2ccccc2)CC1. The number of benzene rings is 2. The van der Waals surface area contributed by atoms with Crippen LogP contribution in [0.5, 0.6) is 0 Å². The summed E-state index contributed by atoms with van der Waals surface area (Å²) in [4.78, 5) is 14.4. The zero-order chi connectivity index (χ0) is 18.9. The number of hydrogen-bond donors (Lipinski definition) is 1. The Bertz CT molecular complexity index is 807. The number of rotatable bonds is 4. The van der Waals surface area contributed by atoms with Crippen molar-refractivity contribution >= 4 is 30.1 Å². The van der Waals surface area contributed by atoms with Crippen molar-refractivity contribution < 1.29 is 9.53 Å². The third-order valence-electron chi connectivity index (χ3n) is 6.23. The van der Waals surface area contributed by atoms with Crippen molar-refractivity contribution in [3.63, 3.8) is 0 Å². The molecule has 0 radical (unpaired) electrons. The Morgan fingerprint density at radius 2 is 1.82 bits per heavy atom. The average molecular weight is 421 g/mol. The van der Waals surface area contributed by atoms with Crippen molar-refractivity contribution in [2.45, 2.75) is 43.2 Å². The summed E-state index contributed by atoms with van der Waals surface area (Å²) in [5.41, 5.74) is 8.50. The molecule has 2 aromatic carbocycles. The van der Waals surface area contributed by atoms with E-state index in [0.717, 1.165) is 36.3 Å². The summed E-state index contributed by atoms with van der Waals surface area (Å²) in [6.45, 7) is 1.02. The number of halogens is 2. The van der Waals surface area contributed by atoms with Crippen LogP contribution in [0.1, 0.15) is 42.9 Å². The van der Waals surface area contributed by atoms with Gasteiger partial charge in [0.05, 0.1) is 6.04 Å². The molecule has 4 nitrogen and oxygen atoms in total. The van der Waals surface area contributed by atoms with E-state index < -0.39 is 0 Å². The predicted molar refractivity (Wildman–Crippen MR) is 114 cm³/mol. The zero-order valence-electron chi connectivity index (χ0n) is 15.7. The third kappa shape index (κ3) is 3.86. The zero-order valence-corrected chi connectivity index (χ0v) is 17.3. The number of amides is 1. The lowest BCUT2D eigenvalue weighted by Crippen LogP contribution is -2.46. The standard InChI is InChI=1S/C22H25ClN2O2.ClH/c23-18-8-4-7-17(13-18)22(15-24)11-9-19(10-12-22)25-20(14-27-21(25)26)16-5-2-1-3-6-16;/h1-8,13,19-20H,9-12,14-15,24H2;1H/t19?,20-,22?;/m0./s1. The molecule has 6 heteroatoms. The fourth-order valence-electron chi connectivity index (χ4n) is 4.63. The van der Waals surface area contributed by atoms with Gasteiger partial charge in [-0.25, -0.2) is 4.79 Å². The summed E-state index contributed by atoms with van der Waals surface area (Å²) in [5.74, 6) is 0. The number of carbonyl (C=O) groups excluding carboxylic acids is 1. The third-order valence-corrected chi connectivity index (χ3v) is 6.46. The molecule has 2 N–H and O–H groups in total. The normalized spacial score (nSPS) is 27.2. The molecule has 0 spiro atoms. The van der Waals surface area contributed by atoms with Crippen molar-refractivity contribution in [1.82, 2.24) is 4.90 Å². The van der Waals surface area contributed by atoms with Crippen LogP contribution >= 0.6 is 24.0 Å². The van der Waals surface area contributed by atoms with Crippen LogP contribution in [0.2, 0.25) is 5.02 Å². The summed E-state index contributed by atoms with van der Waals surface area (Å²) < 4.78 is 5.41. The van der Waals surface area contributed by atoms with Gasteiger partial charge in [-0.2, -0.15) is 0 Å². The molecule has 0 bridgehead atoms. The Balaban J connectivity index is 0.00000225. The molecule has 2 fully saturated rings.